The molecule has 1 atom stereocenters. The summed E-state index contributed by atoms with van der Waals surface area (Å²) in [5, 5.41) is 13.5. The quantitative estimate of drug-likeness (QED) is 0.886. The van der Waals surface area contributed by atoms with Crippen LogP contribution in [0.15, 0.2) is 42.5 Å². The molecule has 0 saturated carbocycles. The highest BCUT2D eigenvalue weighted by Crippen LogP contribution is 2.18. The van der Waals surface area contributed by atoms with Gasteiger partial charge >= 0.3 is 0 Å². The summed E-state index contributed by atoms with van der Waals surface area (Å²) in [7, 11) is 0. The number of hydrogen-bond acceptors (Lipinski definition) is 2. The number of aliphatic hydroxyl groups excluding tert-OH is 1. The van der Waals surface area contributed by atoms with Crippen LogP contribution in [0.3, 0.4) is 0 Å². The van der Waals surface area contributed by atoms with Gasteiger partial charge in [-0.2, -0.15) is 0 Å². The monoisotopic (exact) mass is 297 g/mol. The molecule has 0 aliphatic rings. The van der Waals surface area contributed by atoms with Crippen LogP contribution in [0.5, 0.6) is 0 Å². The normalized spacial score (nSPS) is 12.4. The largest absolute Gasteiger partial charge is 0.387 e. The van der Waals surface area contributed by atoms with Crippen LogP contribution in [-0.2, 0) is 6.54 Å². The smallest absolute Gasteiger partial charge is 0.129 e. The lowest BCUT2D eigenvalue weighted by atomic mass is 10.1. The van der Waals surface area contributed by atoms with E-state index in [1.165, 1.54) is 0 Å². The molecule has 20 heavy (non-hydrogen) atoms. The van der Waals surface area contributed by atoms with Crippen LogP contribution in [0.25, 0.3) is 0 Å². The number of benzene rings is 2. The second-order valence-electron chi connectivity index (χ2n) is 4.44. The first-order chi connectivity index (χ1) is 9.56. The lowest BCUT2D eigenvalue weighted by Gasteiger charge is -2.13. The SMILES string of the molecule is OC(CNCc1ccc(Cl)cc1)c1cc(F)ccc1F. The van der Waals surface area contributed by atoms with Crippen LogP contribution in [0.2, 0.25) is 5.02 Å². The van der Waals surface area contributed by atoms with E-state index in [0.29, 0.717) is 11.6 Å². The fraction of sp³-hybridized carbons (Fsp3) is 0.200. The molecule has 2 nitrogen and oxygen atoms in total. The Hall–Kier alpha value is -1.49. The zero-order valence-electron chi connectivity index (χ0n) is 10.6. The van der Waals surface area contributed by atoms with E-state index in [0.717, 1.165) is 23.8 Å². The van der Waals surface area contributed by atoms with Crippen molar-refractivity contribution in [2.45, 2.75) is 12.6 Å². The van der Waals surface area contributed by atoms with Crippen molar-refractivity contribution in [3.63, 3.8) is 0 Å². The summed E-state index contributed by atoms with van der Waals surface area (Å²) >= 11 is 5.77. The molecule has 2 aromatic rings. The van der Waals surface area contributed by atoms with Gasteiger partial charge in [-0.05, 0) is 35.9 Å². The van der Waals surface area contributed by atoms with Crippen molar-refractivity contribution in [2.75, 3.05) is 6.54 Å². The topological polar surface area (TPSA) is 32.3 Å². The number of hydrogen-bond donors (Lipinski definition) is 2. The zero-order valence-corrected chi connectivity index (χ0v) is 11.4. The molecular formula is C15H14ClF2NO. The first-order valence-corrected chi connectivity index (χ1v) is 6.52. The summed E-state index contributed by atoms with van der Waals surface area (Å²) in [6.07, 6.45) is -1.10. The molecule has 5 heteroatoms. The molecule has 0 saturated heterocycles. The Morgan fingerprint density at radius 3 is 2.50 bits per heavy atom. The third-order valence-corrected chi connectivity index (χ3v) is 3.15. The van der Waals surface area contributed by atoms with Crippen molar-refractivity contribution in [3.8, 4) is 0 Å². The Morgan fingerprint density at radius 2 is 1.80 bits per heavy atom. The van der Waals surface area contributed by atoms with Crippen molar-refractivity contribution < 1.29 is 13.9 Å². The third-order valence-electron chi connectivity index (χ3n) is 2.90. The molecule has 106 valence electrons. The Kier molecular flexibility index (Phi) is 5.06. The molecule has 0 radical (unpaired) electrons. The molecular weight excluding hydrogens is 284 g/mol. The zero-order chi connectivity index (χ0) is 14.5. The fourth-order valence-electron chi connectivity index (χ4n) is 1.84. The van der Waals surface area contributed by atoms with E-state index in [1.54, 1.807) is 12.1 Å². The van der Waals surface area contributed by atoms with Gasteiger partial charge in [0.1, 0.15) is 11.6 Å². The van der Waals surface area contributed by atoms with Crippen LogP contribution < -0.4 is 5.32 Å². The van der Waals surface area contributed by atoms with Crippen molar-refractivity contribution >= 4 is 11.6 Å². The van der Waals surface area contributed by atoms with Crippen LogP contribution in [0.4, 0.5) is 8.78 Å². The highest BCUT2D eigenvalue weighted by molar-refractivity contribution is 6.30. The first-order valence-electron chi connectivity index (χ1n) is 6.14. The summed E-state index contributed by atoms with van der Waals surface area (Å²) in [6, 6.07) is 10.3. The standard InChI is InChI=1S/C15H14ClF2NO/c16-11-3-1-10(2-4-11)8-19-9-15(20)13-7-12(17)5-6-14(13)18/h1-7,15,19-20H,8-9H2. The minimum absolute atomic E-state index is 0.0476. The maximum atomic E-state index is 13.4. The highest BCUT2D eigenvalue weighted by Gasteiger charge is 2.13. The molecule has 2 N–H and O–H groups in total. The van der Waals surface area contributed by atoms with Crippen molar-refractivity contribution in [3.05, 3.63) is 70.2 Å². The Balaban J connectivity index is 1.90. The Labute approximate surface area is 121 Å². The lowest BCUT2D eigenvalue weighted by molar-refractivity contribution is 0.169. The van der Waals surface area contributed by atoms with E-state index in [1.807, 2.05) is 12.1 Å². The average Bonchev–Trinajstić information content (AvgIpc) is 2.43. The molecule has 0 heterocycles. The van der Waals surface area contributed by atoms with Gasteiger partial charge in [-0.25, -0.2) is 8.78 Å². The summed E-state index contributed by atoms with van der Waals surface area (Å²) < 4.78 is 26.5. The number of aliphatic hydroxyl groups is 1. The van der Waals surface area contributed by atoms with Crippen molar-refractivity contribution in [2.24, 2.45) is 0 Å². The predicted octanol–water partition coefficient (Wildman–Crippen LogP) is 3.44. The van der Waals surface area contributed by atoms with Crippen LogP contribution >= 0.6 is 11.6 Å². The van der Waals surface area contributed by atoms with Gasteiger partial charge in [0, 0.05) is 23.7 Å². The molecule has 0 spiro atoms. The molecule has 2 aromatic carbocycles. The van der Waals surface area contributed by atoms with Gasteiger partial charge in [0.25, 0.3) is 0 Å². The van der Waals surface area contributed by atoms with Gasteiger partial charge in [0.2, 0.25) is 0 Å². The van der Waals surface area contributed by atoms with Gasteiger partial charge in [-0.1, -0.05) is 23.7 Å². The van der Waals surface area contributed by atoms with Crippen molar-refractivity contribution in [1.29, 1.82) is 0 Å². The van der Waals surface area contributed by atoms with E-state index in [9.17, 15) is 13.9 Å². The second-order valence-corrected chi connectivity index (χ2v) is 4.88. The Morgan fingerprint density at radius 1 is 1.10 bits per heavy atom. The third kappa shape index (κ3) is 4.00. The van der Waals surface area contributed by atoms with Gasteiger partial charge in [0.05, 0.1) is 6.10 Å². The molecule has 0 amide bonds. The van der Waals surface area contributed by atoms with Gasteiger partial charge in [-0.3, -0.25) is 0 Å². The van der Waals surface area contributed by atoms with Gasteiger partial charge < -0.3 is 10.4 Å². The molecule has 0 bridgehead atoms. The van der Waals surface area contributed by atoms with E-state index in [-0.39, 0.29) is 12.1 Å². The van der Waals surface area contributed by atoms with E-state index in [2.05, 4.69) is 5.32 Å². The maximum Gasteiger partial charge on any atom is 0.129 e. The summed E-state index contributed by atoms with van der Waals surface area (Å²) in [4.78, 5) is 0. The average molecular weight is 298 g/mol. The summed E-state index contributed by atoms with van der Waals surface area (Å²) in [6.45, 7) is 0.633. The molecule has 0 aliphatic carbocycles. The maximum absolute atomic E-state index is 13.4. The van der Waals surface area contributed by atoms with Gasteiger partial charge in [0.15, 0.2) is 0 Å². The minimum atomic E-state index is -1.10. The predicted molar refractivity (Wildman–Crippen MR) is 74.5 cm³/mol. The molecule has 0 fully saturated rings. The number of nitrogens with one attached hydrogen (secondary N) is 1. The second kappa shape index (κ2) is 6.79. The summed E-state index contributed by atoms with van der Waals surface area (Å²) in [5.74, 6) is -1.19. The number of halogens is 3. The molecule has 0 aromatic heterocycles. The van der Waals surface area contributed by atoms with E-state index >= 15 is 0 Å². The van der Waals surface area contributed by atoms with Crippen molar-refractivity contribution in [1.82, 2.24) is 5.32 Å². The van der Waals surface area contributed by atoms with Crippen LogP contribution in [-0.4, -0.2) is 11.7 Å². The summed E-state index contributed by atoms with van der Waals surface area (Å²) in [5.41, 5.74) is 0.940. The Bertz CT molecular complexity index is 575. The van der Waals surface area contributed by atoms with Gasteiger partial charge in [-0.15, -0.1) is 0 Å². The van der Waals surface area contributed by atoms with E-state index in [4.69, 9.17) is 11.6 Å². The van der Waals surface area contributed by atoms with Crippen LogP contribution in [0.1, 0.15) is 17.2 Å². The minimum Gasteiger partial charge on any atom is -0.387 e. The molecule has 0 aliphatic heterocycles. The molecule has 1 unspecified atom stereocenters. The first kappa shape index (κ1) is 14.9. The van der Waals surface area contributed by atoms with Crippen LogP contribution in [0, 0.1) is 11.6 Å². The highest BCUT2D eigenvalue weighted by atomic mass is 35.5. The fourth-order valence-corrected chi connectivity index (χ4v) is 1.96. The van der Waals surface area contributed by atoms with E-state index < -0.39 is 17.7 Å². The number of rotatable bonds is 5. The lowest BCUT2D eigenvalue weighted by Crippen LogP contribution is -2.21. The molecule has 2 rings (SSSR count).